The Morgan fingerprint density at radius 2 is 1.93 bits per heavy atom. The molecule has 0 heterocycles. The Hall–Kier alpha value is -1.70. The van der Waals surface area contributed by atoms with E-state index in [4.69, 9.17) is 0 Å². The zero-order valence-electron chi connectivity index (χ0n) is 8.67. The molecule has 0 saturated carbocycles. The standard InChI is InChI=1S/C13H12O2/c1-3-8(2)9-4-5-10-11(6-9)13(15)7-12(10)14/h4-6H,2-3,7H2,1H3. The largest absolute Gasteiger partial charge is 0.294 e. The molecule has 0 aromatic heterocycles. The van der Waals surface area contributed by atoms with Crippen molar-refractivity contribution in [3.63, 3.8) is 0 Å². The third-order valence-corrected chi connectivity index (χ3v) is 2.78. The van der Waals surface area contributed by atoms with Gasteiger partial charge in [0.25, 0.3) is 0 Å². The van der Waals surface area contributed by atoms with Gasteiger partial charge in [0.05, 0.1) is 6.42 Å². The summed E-state index contributed by atoms with van der Waals surface area (Å²) in [7, 11) is 0. The highest BCUT2D eigenvalue weighted by Crippen LogP contribution is 2.26. The fourth-order valence-corrected chi connectivity index (χ4v) is 1.78. The van der Waals surface area contributed by atoms with Crippen molar-refractivity contribution in [1.29, 1.82) is 0 Å². The molecule has 0 amide bonds. The lowest BCUT2D eigenvalue weighted by molar-refractivity contribution is 0.0923. The molecule has 0 radical (unpaired) electrons. The molecule has 0 N–H and O–H groups in total. The molecule has 0 unspecified atom stereocenters. The average Bonchev–Trinajstić information content (AvgIpc) is 2.53. The molecule has 15 heavy (non-hydrogen) atoms. The van der Waals surface area contributed by atoms with Crippen LogP contribution in [-0.2, 0) is 0 Å². The number of benzene rings is 1. The molecular formula is C13H12O2. The van der Waals surface area contributed by atoms with Crippen molar-refractivity contribution in [2.24, 2.45) is 0 Å². The molecule has 2 nitrogen and oxygen atoms in total. The summed E-state index contributed by atoms with van der Waals surface area (Å²) < 4.78 is 0. The van der Waals surface area contributed by atoms with Crippen molar-refractivity contribution < 1.29 is 9.59 Å². The van der Waals surface area contributed by atoms with Crippen LogP contribution in [0.2, 0.25) is 0 Å². The van der Waals surface area contributed by atoms with E-state index in [2.05, 4.69) is 6.58 Å². The number of hydrogen-bond acceptors (Lipinski definition) is 2. The van der Waals surface area contributed by atoms with Crippen molar-refractivity contribution in [3.8, 4) is 0 Å². The number of ketones is 2. The summed E-state index contributed by atoms with van der Waals surface area (Å²) >= 11 is 0. The molecular weight excluding hydrogens is 188 g/mol. The third kappa shape index (κ3) is 1.52. The van der Waals surface area contributed by atoms with E-state index in [0.717, 1.165) is 17.6 Å². The number of rotatable bonds is 2. The van der Waals surface area contributed by atoms with Gasteiger partial charge < -0.3 is 0 Å². The Morgan fingerprint density at radius 3 is 2.60 bits per heavy atom. The average molecular weight is 200 g/mol. The second kappa shape index (κ2) is 3.46. The van der Waals surface area contributed by atoms with Crippen LogP contribution in [0, 0.1) is 0 Å². The smallest absolute Gasteiger partial charge is 0.171 e. The van der Waals surface area contributed by atoms with Gasteiger partial charge in [-0.15, -0.1) is 0 Å². The summed E-state index contributed by atoms with van der Waals surface area (Å²) in [6.07, 6.45) is 0.873. The minimum atomic E-state index is -0.0687. The van der Waals surface area contributed by atoms with Crippen LogP contribution >= 0.6 is 0 Å². The molecule has 0 bridgehead atoms. The van der Waals surface area contributed by atoms with Crippen LogP contribution < -0.4 is 0 Å². The van der Waals surface area contributed by atoms with E-state index in [1.54, 1.807) is 12.1 Å². The van der Waals surface area contributed by atoms with Crippen LogP contribution in [0.1, 0.15) is 46.0 Å². The molecule has 0 saturated heterocycles. The number of hydrogen-bond donors (Lipinski definition) is 0. The van der Waals surface area contributed by atoms with E-state index in [0.29, 0.717) is 11.1 Å². The maximum absolute atomic E-state index is 11.5. The molecule has 1 aromatic rings. The van der Waals surface area contributed by atoms with Crippen LogP contribution in [0.4, 0.5) is 0 Å². The predicted molar refractivity (Wildman–Crippen MR) is 59.0 cm³/mol. The van der Waals surface area contributed by atoms with Gasteiger partial charge in [0.15, 0.2) is 11.6 Å². The fourth-order valence-electron chi connectivity index (χ4n) is 1.78. The monoisotopic (exact) mass is 200 g/mol. The highest BCUT2D eigenvalue weighted by molar-refractivity contribution is 6.24. The van der Waals surface area contributed by atoms with Crippen molar-refractivity contribution in [1.82, 2.24) is 0 Å². The third-order valence-electron chi connectivity index (χ3n) is 2.78. The van der Waals surface area contributed by atoms with E-state index in [1.807, 2.05) is 13.0 Å². The minimum absolute atomic E-state index is 0.0252. The SMILES string of the molecule is C=C(CC)c1ccc2c(c1)C(=O)CC2=O. The molecule has 0 spiro atoms. The van der Waals surface area contributed by atoms with Gasteiger partial charge in [-0.05, 0) is 23.6 Å². The minimum Gasteiger partial charge on any atom is -0.294 e. The molecule has 0 fully saturated rings. The summed E-state index contributed by atoms with van der Waals surface area (Å²) in [5.41, 5.74) is 3.07. The maximum atomic E-state index is 11.5. The second-order valence-electron chi connectivity index (χ2n) is 3.74. The van der Waals surface area contributed by atoms with Crippen molar-refractivity contribution >= 4 is 17.1 Å². The Kier molecular flexibility index (Phi) is 2.27. The quantitative estimate of drug-likeness (QED) is 0.688. The number of fused-ring (bicyclic) bond motifs is 1. The van der Waals surface area contributed by atoms with Gasteiger partial charge in [-0.3, -0.25) is 9.59 Å². The normalized spacial score (nSPS) is 14.2. The van der Waals surface area contributed by atoms with Crippen LogP contribution in [0.3, 0.4) is 0 Å². The molecule has 1 aliphatic carbocycles. The number of carbonyl (C=O) groups excluding carboxylic acids is 2. The van der Waals surface area contributed by atoms with Crippen molar-refractivity contribution in [2.45, 2.75) is 19.8 Å². The Bertz CT molecular complexity index is 469. The van der Waals surface area contributed by atoms with Crippen LogP contribution in [0.5, 0.6) is 0 Å². The highest BCUT2D eigenvalue weighted by atomic mass is 16.2. The summed E-state index contributed by atoms with van der Waals surface area (Å²) in [5, 5.41) is 0. The van der Waals surface area contributed by atoms with Gasteiger partial charge in [0, 0.05) is 11.1 Å². The van der Waals surface area contributed by atoms with Gasteiger partial charge in [-0.1, -0.05) is 25.6 Å². The molecule has 0 atom stereocenters. The highest BCUT2D eigenvalue weighted by Gasteiger charge is 2.27. The Balaban J connectivity index is 2.52. The van der Waals surface area contributed by atoms with E-state index in [1.165, 1.54) is 0 Å². The lowest BCUT2D eigenvalue weighted by Gasteiger charge is -2.04. The first kappa shape index (κ1) is 9.84. The van der Waals surface area contributed by atoms with Crippen LogP contribution in [0.25, 0.3) is 5.57 Å². The number of Topliss-reactive ketones (excluding diaryl/α,β-unsaturated/α-hetero) is 2. The lowest BCUT2D eigenvalue weighted by atomic mass is 10.00. The van der Waals surface area contributed by atoms with Gasteiger partial charge in [0.2, 0.25) is 0 Å². The maximum Gasteiger partial charge on any atom is 0.171 e. The molecule has 76 valence electrons. The lowest BCUT2D eigenvalue weighted by Crippen LogP contribution is -1.93. The molecule has 1 aliphatic rings. The zero-order valence-corrected chi connectivity index (χ0v) is 8.67. The Labute approximate surface area is 88.6 Å². The summed E-state index contributed by atoms with van der Waals surface area (Å²) in [6, 6.07) is 5.38. The van der Waals surface area contributed by atoms with Gasteiger partial charge in [-0.25, -0.2) is 0 Å². The number of allylic oxidation sites excluding steroid dienone is 1. The molecule has 2 heteroatoms. The van der Waals surface area contributed by atoms with Crippen LogP contribution in [-0.4, -0.2) is 11.6 Å². The van der Waals surface area contributed by atoms with E-state index in [9.17, 15) is 9.59 Å². The van der Waals surface area contributed by atoms with Crippen molar-refractivity contribution in [2.75, 3.05) is 0 Å². The molecule has 1 aromatic carbocycles. The predicted octanol–water partition coefficient (Wildman–Crippen LogP) is 2.88. The van der Waals surface area contributed by atoms with Gasteiger partial charge in [-0.2, -0.15) is 0 Å². The van der Waals surface area contributed by atoms with E-state index in [-0.39, 0.29) is 18.0 Å². The van der Waals surface area contributed by atoms with Crippen LogP contribution in [0.15, 0.2) is 24.8 Å². The number of carbonyl (C=O) groups is 2. The summed E-state index contributed by atoms with van der Waals surface area (Å²) in [6.45, 7) is 5.93. The topological polar surface area (TPSA) is 34.1 Å². The summed E-state index contributed by atoms with van der Waals surface area (Å²) in [5.74, 6) is -0.135. The molecule has 0 aliphatic heterocycles. The fraction of sp³-hybridized carbons (Fsp3) is 0.231. The Morgan fingerprint density at radius 1 is 1.27 bits per heavy atom. The molecule has 2 rings (SSSR count). The first-order chi connectivity index (χ1) is 7.13. The van der Waals surface area contributed by atoms with Gasteiger partial charge >= 0.3 is 0 Å². The van der Waals surface area contributed by atoms with Crippen molar-refractivity contribution in [3.05, 3.63) is 41.5 Å². The second-order valence-corrected chi connectivity index (χ2v) is 3.74. The summed E-state index contributed by atoms with van der Waals surface area (Å²) in [4.78, 5) is 22.9. The first-order valence-corrected chi connectivity index (χ1v) is 5.02. The van der Waals surface area contributed by atoms with Gasteiger partial charge in [0.1, 0.15) is 0 Å². The van der Waals surface area contributed by atoms with E-state index >= 15 is 0 Å². The zero-order chi connectivity index (χ0) is 11.0. The van der Waals surface area contributed by atoms with E-state index < -0.39 is 0 Å². The first-order valence-electron chi connectivity index (χ1n) is 5.02.